The van der Waals surface area contributed by atoms with Gasteiger partial charge in [-0.1, -0.05) is 273 Å². The first kappa shape index (κ1) is 107. The minimum Gasteiger partial charge on any atom is -0.497 e. The lowest BCUT2D eigenvalue weighted by atomic mass is 9.81. The van der Waals surface area contributed by atoms with E-state index < -0.39 is 0 Å². The fourth-order valence-electron chi connectivity index (χ4n) is 19.6. The molecule has 0 spiro atoms. The van der Waals surface area contributed by atoms with Gasteiger partial charge in [0, 0.05) is 99.3 Å². The summed E-state index contributed by atoms with van der Waals surface area (Å²) < 4.78 is 59.8. The number of ketones is 6. The van der Waals surface area contributed by atoms with Crippen LogP contribution in [0.2, 0.25) is 0 Å². The van der Waals surface area contributed by atoms with Crippen LogP contribution in [0.4, 0.5) is 0 Å². The Morgan fingerprint density at radius 3 is 0.759 bits per heavy atom. The van der Waals surface area contributed by atoms with E-state index in [0.717, 1.165) is 183 Å². The molecule has 0 heterocycles. The molecule has 18 rings (SSSR count). The third-order valence-electron chi connectivity index (χ3n) is 28.5. The van der Waals surface area contributed by atoms with Crippen molar-refractivity contribution in [1.82, 2.24) is 0 Å². The first-order chi connectivity index (χ1) is 69.2. The Hall–Kier alpha value is -15.1. The van der Waals surface area contributed by atoms with Gasteiger partial charge in [-0.2, -0.15) is 0 Å². The van der Waals surface area contributed by atoms with Crippen LogP contribution >= 0.6 is 0 Å². The third-order valence-corrected chi connectivity index (χ3v) is 28.5. The van der Waals surface area contributed by atoms with E-state index in [2.05, 4.69) is 140 Å². The molecule has 6 aliphatic carbocycles. The molecule has 750 valence electrons. The van der Waals surface area contributed by atoms with E-state index in [0.29, 0.717) is 63.7 Å². The highest BCUT2D eigenvalue weighted by Crippen LogP contribution is 2.53. The molecule has 0 atom stereocenters. The zero-order valence-corrected chi connectivity index (χ0v) is 88.7. The van der Waals surface area contributed by atoms with Gasteiger partial charge in [-0.25, -0.2) is 0 Å². The summed E-state index contributed by atoms with van der Waals surface area (Å²) in [4.78, 5) is 77.6. The van der Waals surface area contributed by atoms with Crippen molar-refractivity contribution in [3.63, 3.8) is 0 Å². The first-order valence-corrected chi connectivity index (χ1v) is 49.3. The summed E-state index contributed by atoms with van der Waals surface area (Å²) in [6.45, 7) is 36.9. The topological polar surface area (TPSA) is 204 Å². The van der Waals surface area contributed by atoms with Crippen LogP contribution in [0.1, 0.15) is 268 Å². The van der Waals surface area contributed by atoms with Gasteiger partial charge in [0.25, 0.3) is 0 Å². The Morgan fingerprint density at radius 1 is 0.221 bits per heavy atom. The van der Waals surface area contributed by atoms with Gasteiger partial charge < -0.3 is 52.1 Å². The summed E-state index contributed by atoms with van der Waals surface area (Å²) in [5.74, 6) is 8.24. The molecule has 0 unspecified atom stereocenters. The van der Waals surface area contributed by atoms with Crippen LogP contribution in [0.15, 0.2) is 276 Å². The number of Topliss-reactive ketones (excluding diaryl/α,β-unsaturated/α-hetero) is 6. The lowest BCUT2D eigenvalue weighted by Crippen LogP contribution is -2.17. The van der Waals surface area contributed by atoms with Gasteiger partial charge in [-0.3, -0.25) is 28.8 Å². The van der Waals surface area contributed by atoms with Crippen LogP contribution in [0.3, 0.4) is 0 Å². The van der Waals surface area contributed by atoms with Gasteiger partial charge in [0.05, 0.1) is 77.2 Å². The fraction of sp³-hybridized carbons (Fsp3) is 0.297. The molecule has 12 aromatic rings. The van der Waals surface area contributed by atoms with Crippen molar-refractivity contribution in [2.45, 2.75) is 176 Å². The SMILES string of the molecule is CCCCOc1cc2c(cc1C)C(=O)/C(=C/c1ccc(OC)cc1)C2(C)C.CCCCOc1cc2c(cc1C)C(=O)/C(=C\c1ccc(C)cc1)C2(C)C.COc1cc2c(cc1OC)C(C)(C)/C(=C/c1ccccc1)C2=O.COc1cc2c(cc1OC)C(C)(C)/C(=C\c1ccccc1)C2=O.COc1ccc(/C=C2/C(=O)c3ccccc3C2(C)C)cc1OC.COc1ccc(/C=C2\C(=O)c3ccccc3C2(C)C)cc1OC. The van der Waals surface area contributed by atoms with Crippen molar-refractivity contribution in [2.75, 3.05) is 77.2 Å². The number of aryl methyl sites for hydroxylation is 3. The Labute approximate surface area is 856 Å². The van der Waals surface area contributed by atoms with E-state index in [4.69, 9.17) is 52.1 Å². The summed E-state index contributed by atoms with van der Waals surface area (Å²) >= 11 is 0. The number of allylic oxidation sites excluding steroid dienone is 6. The molecule has 0 fully saturated rings. The normalized spacial score (nSPS) is 17.0. The number of methoxy groups -OCH3 is 9. The molecule has 17 heteroatoms. The summed E-state index contributed by atoms with van der Waals surface area (Å²) in [6, 6.07) is 78.4. The monoisotopic (exact) mass is 1940 g/mol. The molecule has 0 bridgehead atoms. The van der Waals surface area contributed by atoms with Gasteiger partial charge in [0.1, 0.15) is 17.2 Å². The predicted molar refractivity (Wildman–Crippen MR) is 583 cm³/mol. The molecular weight excluding hydrogens is 1810 g/mol. The maximum atomic E-state index is 13.1. The third kappa shape index (κ3) is 22.3. The van der Waals surface area contributed by atoms with E-state index in [1.807, 2.05) is 244 Å². The van der Waals surface area contributed by atoms with E-state index in [1.54, 1.807) is 76.1 Å². The highest BCUT2D eigenvalue weighted by molar-refractivity contribution is 6.22. The summed E-state index contributed by atoms with van der Waals surface area (Å²) in [5.41, 5.74) is 22.8. The number of rotatable bonds is 23. The number of carbonyl (C=O) groups is 6. The zero-order valence-electron chi connectivity index (χ0n) is 88.7. The molecule has 145 heavy (non-hydrogen) atoms. The quantitative estimate of drug-likeness (QED) is 0.0431. The van der Waals surface area contributed by atoms with E-state index in [1.165, 1.54) is 5.56 Å². The van der Waals surface area contributed by atoms with Crippen LogP contribution in [0.25, 0.3) is 36.5 Å². The molecule has 0 radical (unpaired) electrons. The second-order valence-electron chi connectivity index (χ2n) is 40.1. The number of unbranched alkanes of at least 4 members (excludes halogenated alkanes) is 2. The largest absolute Gasteiger partial charge is 0.497 e. The van der Waals surface area contributed by atoms with Gasteiger partial charge in [0.15, 0.2) is 80.7 Å². The van der Waals surface area contributed by atoms with Crippen molar-refractivity contribution in [3.05, 3.63) is 393 Å². The number of carbonyl (C=O) groups excluding carboxylic acids is 6. The Bertz CT molecular complexity index is 6810. The number of benzene rings is 12. The molecule has 0 amide bonds. The van der Waals surface area contributed by atoms with E-state index in [9.17, 15) is 28.8 Å². The van der Waals surface area contributed by atoms with Crippen LogP contribution in [0.5, 0.6) is 63.2 Å². The molecule has 0 saturated carbocycles. The van der Waals surface area contributed by atoms with E-state index >= 15 is 0 Å². The van der Waals surface area contributed by atoms with Crippen molar-refractivity contribution < 1.29 is 80.9 Å². The molecule has 12 aromatic carbocycles. The summed E-state index contributed by atoms with van der Waals surface area (Å²) in [7, 11) is 14.4. The predicted octanol–water partition coefficient (Wildman–Crippen LogP) is 28.8. The molecule has 0 aromatic heterocycles. The molecular formula is C128H136O17. The molecule has 0 aliphatic heterocycles. The Kier molecular flexibility index (Phi) is 33.4. The summed E-state index contributed by atoms with van der Waals surface area (Å²) in [6.07, 6.45) is 16.2. The van der Waals surface area contributed by atoms with Crippen LogP contribution < -0.4 is 52.1 Å². The molecule has 6 aliphatic rings. The zero-order chi connectivity index (χ0) is 105. The second-order valence-corrected chi connectivity index (χ2v) is 40.1. The van der Waals surface area contributed by atoms with Crippen molar-refractivity contribution in [2.24, 2.45) is 0 Å². The number of hydrogen-bond acceptors (Lipinski definition) is 17. The van der Waals surface area contributed by atoms with Crippen molar-refractivity contribution in [1.29, 1.82) is 0 Å². The molecule has 0 saturated heterocycles. The first-order valence-electron chi connectivity index (χ1n) is 49.3. The van der Waals surface area contributed by atoms with Crippen LogP contribution in [-0.4, -0.2) is 112 Å². The highest BCUT2D eigenvalue weighted by Gasteiger charge is 2.48. The van der Waals surface area contributed by atoms with Gasteiger partial charge >= 0.3 is 0 Å². The molecule has 17 nitrogen and oxygen atoms in total. The minimum atomic E-state index is -0.373. The van der Waals surface area contributed by atoms with Crippen molar-refractivity contribution >= 4 is 71.2 Å². The Balaban J connectivity index is 0.000000146. The van der Waals surface area contributed by atoms with E-state index in [-0.39, 0.29) is 67.2 Å². The average molecular weight is 1950 g/mol. The number of fused-ring (bicyclic) bond motifs is 6. The lowest BCUT2D eigenvalue weighted by Gasteiger charge is -2.22. The Morgan fingerprint density at radius 2 is 0.462 bits per heavy atom. The molecule has 0 N–H and O–H groups in total. The maximum Gasteiger partial charge on any atom is 0.190 e. The maximum absolute atomic E-state index is 13.1. The van der Waals surface area contributed by atoms with Crippen LogP contribution in [0, 0.1) is 20.8 Å². The van der Waals surface area contributed by atoms with Crippen LogP contribution in [-0.2, 0) is 32.5 Å². The average Bonchev–Trinajstić information content (AvgIpc) is 1.61. The van der Waals surface area contributed by atoms with Gasteiger partial charge in [0.2, 0.25) is 0 Å². The smallest absolute Gasteiger partial charge is 0.190 e. The van der Waals surface area contributed by atoms with Gasteiger partial charge in [-0.15, -0.1) is 0 Å². The van der Waals surface area contributed by atoms with Crippen molar-refractivity contribution in [3.8, 4) is 63.2 Å². The number of hydrogen-bond donors (Lipinski definition) is 0. The highest BCUT2D eigenvalue weighted by atomic mass is 16.5. The standard InChI is InChI=1S/C24H28O3.C24H28O2.4C20H20O3/c1-6-7-12-27-22-15-20-19(13-16(22)2)23(25)21(24(20,3)4)14-17-8-10-18(26-5)11-9-17;1-6-7-12-26-22-15-20-19(13-17(22)3)23(25)21(24(20,4)5)14-18-10-8-16(2)9-11-18;2*1-20(2)15-8-6-5-7-14(15)19(21)16(20)11-13-9-10-17(22-3)18(12-13)23-4;2*1-20(2)15-12-18(23-4)17(22-3)11-14(15)19(21)16(20)10-13-8-6-5-7-9-13/h8-11,13-15H,6-7,12H2,1-5H3;8-11,13-15H,6-7,12H2,1-5H3;4*5-12H,1-4H3/b21-14-;21-14+;16-11+;16-11-;16-10+;16-10-. The minimum absolute atomic E-state index is 0.0507. The second kappa shape index (κ2) is 45.2. The fourth-order valence-corrected chi connectivity index (χ4v) is 19.6. The number of ether oxygens (including phenoxy) is 11. The van der Waals surface area contributed by atoms with Gasteiger partial charge in [-0.05, 0) is 233 Å². The summed E-state index contributed by atoms with van der Waals surface area (Å²) in [5, 5.41) is 0. The lowest BCUT2D eigenvalue weighted by molar-refractivity contribution is 0.102.